The summed E-state index contributed by atoms with van der Waals surface area (Å²) >= 11 is 1.48. The molecule has 1 atom stereocenters. The minimum Gasteiger partial charge on any atom is -0.444 e. The number of carbonyl (C=O) groups is 1. The third-order valence-electron chi connectivity index (χ3n) is 1.88. The summed E-state index contributed by atoms with van der Waals surface area (Å²) in [4.78, 5) is 15.6. The fourth-order valence-electron chi connectivity index (χ4n) is 1.23. The second kappa shape index (κ2) is 5.97. The van der Waals surface area contributed by atoms with Crippen LogP contribution in [0.15, 0.2) is 10.9 Å². The van der Waals surface area contributed by atoms with Crippen molar-refractivity contribution >= 4 is 17.4 Å². The molecule has 0 aliphatic rings. The van der Waals surface area contributed by atoms with Gasteiger partial charge in [-0.25, -0.2) is 9.78 Å². The van der Waals surface area contributed by atoms with Gasteiger partial charge in [-0.2, -0.15) is 0 Å². The highest BCUT2D eigenvalue weighted by Crippen LogP contribution is 2.08. The van der Waals surface area contributed by atoms with Crippen LogP contribution in [0, 0.1) is 0 Å². The number of hydrogen-bond donors (Lipinski definition) is 2. The summed E-state index contributed by atoms with van der Waals surface area (Å²) in [5.41, 5.74) is 2.03. The highest BCUT2D eigenvalue weighted by Gasteiger charge is 2.19. The highest BCUT2D eigenvalue weighted by atomic mass is 32.1. The number of alkyl carbamates (subject to hydrolysis) is 1. The molecule has 2 N–H and O–H groups in total. The Hall–Kier alpha value is -1.14. The summed E-state index contributed by atoms with van der Waals surface area (Å²) in [5.74, 6) is 0. The van der Waals surface area contributed by atoms with E-state index >= 15 is 0 Å². The molecule has 6 heteroatoms. The first-order valence-corrected chi connectivity index (χ1v) is 6.32. The van der Waals surface area contributed by atoms with Crippen molar-refractivity contribution in [3.05, 3.63) is 16.6 Å². The van der Waals surface area contributed by atoms with Gasteiger partial charge in [-0.3, -0.25) is 0 Å². The molecule has 1 aromatic heterocycles. The van der Waals surface area contributed by atoms with Crippen molar-refractivity contribution in [2.24, 2.45) is 0 Å². The Labute approximate surface area is 105 Å². The number of amides is 1. The zero-order valence-corrected chi connectivity index (χ0v) is 11.1. The van der Waals surface area contributed by atoms with E-state index in [0.29, 0.717) is 6.42 Å². The largest absolute Gasteiger partial charge is 0.444 e. The van der Waals surface area contributed by atoms with Crippen molar-refractivity contribution in [2.45, 2.75) is 38.8 Å². The van der Waals surface area contributed by atoms with Crippen LogP contribution in [0.1, 0.15) is 26.5 Å². The number of nitrogens with one attached hydrogen (secondary N) is 1. The average Bonchev–Trinajstić information content (AvgIpc) is 2.66. The van der Waals surface area contributed by atoms with Gasteiger partial charge in [0.05, 0.1) is 23.9 Å². The lowest BCUT2D eigenvalue weighted by atomic mass is 10.2. The van der Waals surface area contributed by atoms with Crippen LogP contribution in [-0.4, -0.2) is 34.4 Å². The topological polar surface area (TPSA) is 71.5 Å². The van der Waals surface area contributed by atoms with E-state index in [1.54, 1.807) is 26.3 Å². The van der Waals surface area contributed by atoms with E-state index in [2.05, 4.69) is 10.3 Å². The zero-order valence-electron chi connectivity index (χ0n) is 10.3. The van der Waals surface area contributed by atoms with Gasteiger partial charge in [-0.05, 0) is 20.8 Å². The Kier molecular flexibility index (Phi) is 4.89. The number of rotatable bonds is 4. The van der Waals surface area contributed by atoms with Gasteiger partial charge in [-0.1, -0.05) is 0 Å². The van der Waals surface area contributed by atoms with Gasteiger partial charge in [0.25, 0.3) is 0 Å². The molecule has 0 spiro atoms. The van der Waals surface area contributed by atoms with Crippen molar-refractivity contribution in [2.75, 3.05) is 6.61 Å². The molecular formula is C11H18N2O3S. The lowest BCUT2D eigenvalue weighted by molar-refractivity contribution is 0.0482. The van der Waals surface area contributed by atoms with Crippen LogP contribution in [-0.2, 0) is 11.2 Å². The summed E-state index contributed by atoms with van der Waals surface area (Å²) in [7, 11) is 0. The molecule has 0 saturated heterocycles. The molecule has 0 aliphatic carbocycles. The number of nitrogens with zero attached hydrogens (tertiary/aromatic N) is 1. The Morgan fingerprint density at radius 1 is 1.65 bits per heavy atom. The van der Waals surface area contributed by atoms with Crippen LogP contribution < -0.4 is 5.32 Å². The smallest absolute Gasteiger partial charge is 0.407 e. The van der Waals surface area contributed by atoms with Crippen LogP contribution in [0.4, 0.5) is 4.79 Å². The molecule has 0 fully saturated rings. The van der Waals surface area contributed by atoms with Crippen molar-refractivity contribution in [1.82, 2.24) is 10.3 Å². The van der Waals surface area contributed by atoms with Gasteiger partial charge in [-0.15, -0.1) is 11.3 Å². The number of hydrogen-bond acceptors (Lipinski definition) is 5. The molecule has 17 heavy (non-hydrogen) atoms. The molecular weight excluding hydrogens is 240 g/mol. The Balaban J connectivity index is 2.44. The standard InChI is InChI=1S/C11H18N2O3S/c1-11(2,3)16-10(15)13-8(5-14)4-9-6-17-7-12-9/h6-8,14H,4-5H2,1-3H3,(H,13,15)/t8-/m1/s1. The number of aliphatic hydroxyl groups is 1. The molecule has 5 nitrogen and oxygen atoms in total. The molecule has 1 rings (SSSR count). The lowest BCUT2D eigenvalue weighted by Crippen LogP contribution is -2.42. The van der Waals surface area contributed by atoms with Gasteiger partial charge in [0, 0.05) is 11.8 Å². The van der Waals surface area contributed by atoms with Crippen LogP contribution >= 0.6 is 11.3 Å². The predicted octanol–water partition coefficient (Wildman–Crippen LogP) is 1.57. The van der Waals surface area contributed by atoms with Crippen molar-refractivity contribution in [3.8, 4) is 0 Å². The molecule has 1 aromatic rings. The van der Waals surface area contributed by atoms with Gasteiger partial charge < -0.3 is 15.2 Å². The van der Waals surface area contributed by atoms with E-state index in [1.165, 1.54) is 11.3 Å². The fraction of sp³-hybridized carbons (Fsp3) is 0.636. The minimum atomic E-state index is -0.537. The Bertz CT molecular complexity index is 346. The number of aromatic nitrogens is 1. The van der Waals surface area contributed by atoms with Crippen LogP contribution in [0.3, 0.4) is 0 Å². The summed E-state index contributed by atoms with van der Waals surface area (Å²) < 4.78 is 5.11. The SMILES string of the molecule is CC(C)(C)OC(=O)N[C@@H](CO)Cc1cscn1. The summed E-state index contributed by atoms with van der Waals surface area (Å²) in [6.07, 6.45) is -0.0223. The van der Waals surface area contributed by atoms with E-state index in [0.717, 1.165) is 5.69 Å². The first kappa shape index (κ1) is 13.9. The number of aliphatic hydroxyl groups excluding tert-OH is 1. The first-order chi connectivity index (χ1) is 7.90. The maximum Gasteiger partial charge on any atom is 0.407 e. The summed E-state index contributed by atoms with van der Waals surface area (Å²) in [6.45, 7) is 5.24. The van der Waals surface area contributed by atoms with Crippen molar-refractivity contribution < 1.29 is 14.6 Å². The van der Waals surface area contributed by atoms with Crippen molar-refractivity contribution in [1.29, 1.82) is 0 Å². The van der Waals surface area contributed by atoms with Crippen LogP contribution in [0.5, 0.6) is 0 Å². The minimum absolute atomic E-state index is 0.142. The van der Waals surface area contributed by atoms with Gasteiger partial charge >= 0.3 is 6.09 Å². The second-order valence-electron chi connectivity index (χ2n) is 4.71. The molecule has 1 heterocycles. The molecule has 96 valence electrons. The van der Waals surface area contributed by atoms with Crippen molar-refractivity contribution in [3.63, 3.8) is 0 Å². The highest BCUT2D eigenvalue weighted by molar-refractivity contribution is 7.07. The zero-order chi connectivity index (χ0) is 12.9. The first-order valence-electron chi connectivity index (χ1n) is 5.38. The van der Waals surface area contributed by atoms with Gasteiger partial charge in [0.1, 0.15) is 5.60 Å². The maximum atomic E-state index is 11.5. The second-order valence-corrected chi connectivity index (χ2v) is 5.43. The normalized spacial score (nSPS) is 13.2. The molecule has 0 aromatic carbocycles. The molecule has 0 unspecified atom stereocenters. The Morgan fingerprint density at radius 3 is 2.82 bits per heavy atom. The molecule has 0 bridgehead atoms. The summed E-state index contributed by atoms with van der Waals surface area (Å²) in [5, 5.41) is 13.7. The predicted molar refractivity (Wildman–Crippen MR) is 66.1 cm³/mol. The van der Waals surface area contributed by atoms with E-state index in [-0.39, 0.29) is 12.6 Å². The van der Waals surface area contributed by atoms with E-state index in [1.807, 2.05) is 5.38 Å². The third-order valence-corrected chi connectivity index (χ3v) is 2.52. The number of thiazole rings is 1. The van der Waals surface area contributed by atoms with Gasteiger partial charge in [0.15, 0.2) is 0 Å². The van der Waals surface area contributed by atoms with Crippen LogP contribution in [0.2, 0.25) is 0 Å². The fourth-order valence-corrected chi connectivity index (χ4v) is 1.80. The quantitative estimate of drug-likeness (QED) is 0.860. The monoisotopic (exact) mass is 258 g/mol. The number of ether oxygens (including phenoxy) is 1. The number of carbonyl (C=O) groups excluding carboxylic acids is 1. The third kappa shape index (κ3) is 5.65. The average molecular weight is 258 g/mol. The molecule has 0 aliphatic heterocycles. The van der Waals surface area contributed by atoms with E-state index in [9.17, 15) is 9.90 Å². The lowest BCUT2D eigenvalue weighted by Gasteiger charge is -2.22. The molecule has 0 saturated carbocycles. The van der Waals surface area contributed by atoms with Crippen LogP contribution in [0.25, 0.3) is 0 Å². The van der Waals surface area contributed by atoms with Gasteiger partial charge in [0.2, 0.25) is 0 Å². The van der Waals surface area contributed by atoms with E-state index in [4.69, 9.17) is 4.74 Å². The maximum absolute atomic E-state index is 11.5. The summed E-state index contributed by atoms with van der Waals surface area (Å²) in [6, 6.07) is -0.369. The van der Waals surface area contributed by atoms with E-state index < -0.39 is 11.7 Å². The molecule has 0 radical (unpaired) electrons. The molecule has 1 amide bonds. The Morgan fingerprint density at radius 2 is 2.35 bits per heavy atom.